The van der Waals surface area contributed by atoms with Crippen LogP contribution in [-0.2, 0) is 11.3 Å². The number of carbonyl (C=O) groups excluding carboxylic acids is 1. The summed E-state index contributed by atoms with van der Waals surface area (Å²) in [6.07, 6.45) is 0. The zero-order chi connectivity index (χ0) is 22.5. The van der Waals surface area contributed by atoms with Gasteiger partial charge in [0.25, 0.3) is 5.91 Å². The predicted octanol–water partition coefficient (Wildman–Crippen LogP) is 3.69. The van der Waals surface area contributed by atoms with Crippen LogP contribution in [0.2, 0.25) is 0 Å². The number of aliphatic hydroxyl groups excluding tert-OH is 2. The van der Waals surface area contributed by atoms with Gasteiger partial charge in [0, 0.05) is 24.8 Å². The van der Waals surface area contributed by atoms with Crippen molar-refractivity contribution in [1.82, 2.24) is 4.90 Å². The Kier molecular flexibility index (Phi) is 5.42. The number of amidine groups is 1. The summed E-state index contributed by atoms with van der Waals surface area (Å²) in [7, 11) is -3.55. The molecular weight excluding hydrogens is 450 g/mol. The number of rotatable bonds is 4. The third-order valence-corrected chi connectivity index (χ3v) is 8.86. The maximum absolute atomic E-state index is 13.7. The van der Waals surface area contributed by atoms with Gasteiger partial charge in [0.05, 0.1) is 17.0 Å². The van der Waals surface area contributed by atoms with Crippen LogP contribution in [0.3, 0.4) is 0 Å². The number of para-hydroxylation sites is 1. The van der Waals surface area contributed by atoms with Crippen molar-refractivity contribution in [2.75, 3.05) is 17.7 Å². The zero-order valence-corrected chi connectivity index (χ0v) is 18.6. The quantitative estimate of drug-likeness (QED) is 0.459. The lowest BCUT2D eigenvalue weighted by Crippen LogP contribution is -2.50. The Labute approximate surface area is 191 Å². The third-order valence-electron chi connectivity index (χ3n) is 5.97. The van der Waals surface area contributed by atoms with Crippen molar-refractivity contribution in [2.45, 2.75) is 16.8 Å². The Morgan fingerprint density at radius 2 is 1.84 bits per heavy atom. The summed E-state index contributed by atoms with van der Waals surface area (Å²) in [5.74, 6) is -0.808. The summed E-state index contributed by atoms with van der Waals surface area (Å²) in [4.78, 5) is 15.6. The largest absolute Gasteiger partial charge is 0.511 e. The molecule has 32 heavy (non-hydrogen) atoms. The van der Waals surface area contributed by atoms with Crippen LogP contribution in [0, 0.1) is 11.8 Å². The summed E-state index contributed by atoms with van der Waals surface area (Å²) in [5, 5.41) is 23.8. The summed E-state index contributed by atoms with van der Waals surface area (Å²) in [5.41, 5.74) is 1.26. The predicted molar refractivity (Wildman–Crippen MR) is 126 cm³/mol. The molecule has 0 aliphatic carbocycles. The fourth-order valence-electron chi connectivity index (χ4n) is 4.41. The molecule has 5 rings (SSSR count). The highest BCUT2D eigenvalue weighted by atomic mass is 32.3. The minimum absolute atomic E-state index is 0.0729. The molecule has 1 fully saturated rings. The molecular formula is C22H23N3O5S2. The van der Waals surface area contributed by atoms with Crippen LogP contribution in [0.15, 0.2) is 75.2 Å². The Morgan fingerprint density at radius 1 is 1.12 bits per heavy atom. The van der Waals surface area contributed by atoms with Crippen molar-refractivity contribution in [3.8, 4) is 0 Å². The van der Waals surface area contributed by atoms with Gasteiger partial charge in [-0.05, 0) is 17.7 Å². The molecule has 5 N–H and O–H groups in total. The Balaban J connectivity index is 1.60. The number of carbonyl (C=O) groups is 1. The van der Waals surface area contributed by atoms with E-state index in [1.807, 2.05) is 30.3 Å². The number of thioether (sulfide) groups is 1. The first-order chi connectivity index (χ1) is 15.4. The first kappa shape index (κ1) is 21.4. The van der Waals surface area contributed by atoms with Crippen LogP contribution < -0.4 is 5.32 Å². The van der Waals surface area contributed by atoms with Gasteiger partial charge in [-0.25, -0.2) is 0 Å². The van der Waals surface area contributed by atoms with E-state index in [0.717, 1.165) is 5.56 Å². The lowest BCUT2D eigenvalue weighted by molar-refractivity contribution is -0.130. The van der Waals surface area contributed by atoms with E-state index in [1.54, 1.807) is 29.2 Å². The molecule has 2 aromatic carbocycles. The topological polar surface area (TPSA) is 126 Å². The minimum atomic E-state index is -3.55. The minimum Gasteiger partial charge on any atom is -0.511 e. The second-order valence-electron chi connectivity index (χ2n) is 7.95. The van der Waals surface area contributed by atoms with E-state index in [-0.39, 0.29) is 40.0 Å². The second-order valence-corrected chi connectivity index (χ2v) is 10.8. The van der Waals surface area contributed by atoms with E-state index in [9.17, 15) is 24.1 Å². The third kappa shape index (κ3) is 3.48. The lowest BCUT2D eigenvalue weighted by atomic mass is 9.86. The molecule has 3 heterocycles. The summed E-state index contributed by atoms with van der Waals surface area (Å²) < 4.78 is 25.3. The lowest BCUT2D eigenvalue weighted by Gasteiger charge is -2.40. The number of nitrogens with one attached hydrogen (secondary N) is 1. The number of aliphatic hydroxyl groups is 2. The number of anilines is 1. The molecule has 10 heteroatoms. The summed E-state index contributed by atoms with van der Waals surface area (Å²) in [6, 6.07) is 16.2. The SMILES string of the molecule is O=C1C(C2=NS(O)(O)c3ccccc3N2)=C(O)C2C(CO)CSC2N1Cc1ccccc1. The normalized spacial score (nSPS) is 27.3. The zero-order valence-electron chi connectivity index (χ0n) is 17.0. The number of nitrogens with zero attached hydrogens (tertiary/aromatic N) is 2. The van der Waals surface area contributed by atoms with Gasteiger partial charge in [-0.1, -0.05) is 53.2 Å². The average Bonchev–Trinajstić information content (AvgIpc) is 3.21. The number of amides is 1. The highest BCUT2D eigenvalue weighted by Gasteiger charge is 2.51. The Bertz CT molecular complexity index is 1120. The van der Waals surface area contributed by atoms with Crippen molar-refractivity contribution >= 4 is 40.0 Å². The van der Waals surface area contributed by atoms with E-state index >= 15 is 0 Å². The van der Waals surface area contributed by atoms with E-state index in [4.69, 9.17) is 0 Å². The number of benzene rings is 2. The maximum Gasteiger partial charge on any atom is 0.262 e. The van der Waals surface area contributed by atoms with Gasteiger partial charge < -0.3 is 20.4 Å². The van der Waals surface area contributed by atoms with Crippen LogP contribution in [0.4, 0.5) is 5.69 Å². The summed E-state index contributed by atoms with van der Waals surface area (Å²) >= 11 is 1.53. The van der Waals surface area contributed by atoms with Crippen molar-refractivity contribution in [3.63, 3.8) is 0 Å². The van der Waals surface area contributed by atoms with Crippen LogP contribution in [0.1, 0.15) is 5.56 Å². The number of hydrogen-bond acceptors (Lipinski definition) is 8. The van der Waals surface area contributed by atoms with Crippen molar-refractivity contribution in [2.24, 2.45) is 16.2 Å². The van der Waals surface area contributed by atoms with Crippen molar-refractivity contribution in [3.05, 3.63) is 71.5 Å². The number of hydrogen-bond donors (Lipinski definition) is 5. The van der Waals surface area contributed by atoms with Crippen molar-refractivity contribution in [1.29, 1.82) is 0 Å². The van der Waals surface area contributed by atoms with Gasteiger partial charge in [0.2, 0.25) is 0 Å². The van der Waals surface area contributed by atoms with Gasteiger partial charge in [-0.2, -0.15) is 0 Å². The standard InChI is InChI=1S/C22H23N3O5S2/c26-11-14-12-31-22-17(14)19(27)18(21(28)25(22)10-13-6-2-1-3-7-13)20-23-15-8-4-5-9-16(15)32(29,30)24-20/h1-9,14,17,22,26-27,29-30H,10-12H2,(H,23,24). The average molecular weight is 474 g/mol. The first-order valence-corrected chi connectivity index (χ1v) is 12.7. The van der Waals surface area contributed by atoms with Gasteiger partial charge in [0.15, 0.2) is 5.84 Å². The molecule has 3 aliphatic rings. The molecule has 8 nitrogen and oxygen atoms in total. The molecule has 2 aromatic rings. The fraction of sp³-hybridized carbons (Fsp3) is 0.273. The van der Waals surface area contributed by atoms with Gasteiger partial charge in [-0.15, -0.1) is 16.2 Å². The van der Waals surface area contributed by atoms with E-state index in [0.29, 0.717) is 18.0 Å². The molecule has 0 saturated carbocycles. The maximum atomic E-state index is 13.7. The molecule has 0 aromatic heterocycles. The molecule has 0 radical (unpaired) electrons. The molecule has 1 saturated heterocycles. The van der Waals surface area contributed by atoms with Crippen LogP contribution in [-0.4, -0.2) is 53.7 Å². The molecule has 3 unspecified atom stereocenters. The van der Waals surface area contributed by atoms with Crippen LogP contribution >= 0.6 is 22.5 Å². The van der Waals surface area contributed by atoms with Gasteiger partial charge in [-0.3, -0.25) is 13.9 Å². The first-order valence-electron chi connectivity index (χ1n) is 10.2. The van der Waals surface area contributed by atoms with E-state index in [1.165, 1.54) is 11.8 Å². The van der Waals surface area contributed by atoms with E-state index in [2.05, 4.69) is 9.71 Å². The van der Waals surface area contributed by atoms with Crippen LogP contribution in [0.25, 0.3) is 0 Å². The highest BCUT2D eigenvalue weighted by molar-refractivity contribution is 8.23. The molecule has 0 bridgehead atoms. The van der Waals surface area contributed by atoms with E-state index < -0.39 is 22.6 Å². The second kappa shape index (κ2) is 8.13. The molecule has 1 amide bonds. The molecule has 0 spiro atoms. The summed E-state index contributed by atoms with van der Waals surface area (Å²) in [6.45, 7) is 0.194. The fourth-order valence-corrected chi connectivity index (χ4v) is 7.25. The van der Waals surface area contributed by atoms with Crippen LogP contribution in [0.5, 0.6) is 0 Å². The Hall–Kier alpha value is -2.50. The van der Waals surface area contributed by atoms with Gasteiger partial charge >= 0.3 is 0 Å². The molecule has 3 aliphatic heterocycles. The highest BCUT2D eigenvalue weighted by Crippen LogP contribution is 2.56. The van der Waals surface area contributed by atoms with Gasteiger partial charge in [0.1, 0.15) is 16.2 Å². The van der Waals surface area contributed by atoms with Crippen molar-refractivity contribution < 1.29 is 24.1 Å². The Morgan fingerprint density at radius 3 is 2.59 bits per heavy atom. The molecule has 3 atom stereocenters. The monoisotopic (exact) mass is 473 g/mol. The molecule has 168 valence electrons. The smallest absolute Gasteiger partial charge is 0.262 e. The number of fused-ring (bicyclic) bond motifs is 2.